The van der Waals surface area contributed by atoms with Crippen LogP contribution in [0, 0.1) is 13.8 Å². The Hall–Kier alpha value is -1.56. The number of aromatic nitrogens is 2. The first kappa shape index (κ1) is 15.3. The summed E-state index contributed by atoms with van der Waals surface area (Å²) in [5.74, 6) is 0. The smallest absolute Gasteiger partial charge is 0.142 e. The van der Waals surface area contributed by atoms with E-state index in [-0.39, 0.29) is 0 Å². The molecule has 0 saturated heterocycles. The summed E-state index contributed by atoms with van der Waals surface area (Å²) in [6.07, 6.45) is 1.80. The lowest BCUT2D eigenvalue weighted by Gasteiger charge is -2.12. The van der Waals surface area contributed by atoms with Crippen LogP contribution < -0.4 is 5.32 Å². The van der Waals surface area contributed by atoms with Crippen molar-refractivity contribution in [3.63, 3.8) is 0 Å². The molecule has 1 atom stereocenters. The molecule has 3 heterocycles. The average molecular weight is 329 g/mol. The monoisotopic (exact) mass is 329 g/mol. The zero-order chi connectivity index (χ0) is 15.5. The van der Waals surface area contributed by atoms with Crippen LogP contribution in [-0.4, -0.2) is 9.97 Å². The zero-order valence-corrected chi connectivity index (χ0v) is 14.6. The van der Waals surface area contributed by atoms with Crippen molar-refractivity contribution in [2.75, 3.05) is 0 Å². The summed E-state index contributed by atoms with van der Waals surface area (Å²) in [6, 6.07) is 8.52. The molecule has 0 aromatic carbocycles. The Morgan fingerprint density at radius 2 is 2.14 bits per heavy atom. The van der Waals surface area contributed by atoms with Gasteiger partial charge in [0, 0.05) is 33.9 Å². The number of hydrogen-bond acceptors (Lipinski definition) is 5. The SMILES string of the molecule is Cc1cc([C@@H](C)NCc2csc(-c3ccccn3)n2)c(C)s1. The van der Waals surface area contributed by atoms with E-state index in [1.807, 2.05) is 29.5 Å². The highest BCUT2D eigenvalue weighted by atomic mass is 32.1. The number of thiazole rings is 1. The van der Waals surface area contributed by atoms with Gasteiger partial charge in [-0.05, 0) is 44.5 Å². The van der Waals surface area contributed by atoms with Crippen molar-refractivity contribution in [1.82, 2.24) is 15.3 Å². The Morgan fingerprint density at radius 1 is 1.27 bits per heavy atom. The molecule has 0 unspecified atom stereocenters. The number of thiophene rings is 1. The maximum absolute atomic E-state index is 4.67. The van der Waals surface area contributed by atoms with E-state index >= 15 is 0 Å². The molecule has 0 fully saturated rings. The van der Waals surface area contributed by atoms with Gasteiger partial charge >= 0.3 is 0 Å². The van der Waals surface area contributed by atoms with Crippen molar-refractivity contribution in [3.8, 4) is 10.7 Å². The molecule has 0 saturated carbocycles. The predicted molar refractivity (Wildman–Crippen MR) is 94.4 cm³/mol. The number of nitrogens with zero attached hydrogens (tertiary/aromatic N) is 2. The third-order valence-electron chi connectivity index (χ3n) is 3.57. The standard InChI is InChI=1S/C17H19N3S2/c1-11-8-15(13(3)22-11)12(2)19-9-14-10-21-17(20-14)16-6-4-5-7-18-16/h4-8,10,12,19H,9H2,1-3H3/t12-/m1/s1. The highest BCUT2D eigenvalue weighted by molar-refractivity contribution is 7.13. The highest BCUT2D eigenvalue weighted by Crippen LogP contribution is 2.27. The van der Waals surface area contributed by atoms with Crippen molar-refractivity contribution in [1.29, 1.82) is 0 Å². The molecule has 0 aliphatic heterocycles. The van der Waals surface area contributed by atoms with Crippen LogP contribution in [0.4, 0.5) is 0 Å². The number of nitrogens with one attached hydrogen (secondary N) is 1. The van der Waals surface area contributed by atoms with Crippen LogP contribution in [0.2, 0.25) is 0 Å². The molecule has 3 rings (SSSR count). The normalized spacial score (nSPS) is 12.5. The minimum absolute atomic E-state index is 0.338. The first-order valence-corrected chi connectivity index (χ1v) is 8.99. The molecular weight excluding hydrogens is 310 g/mol. The fourth-order valence-corrected chi connectivity index (χ4v) is 4.26. The summed E-state index contributed by atoms with van der Waals surface area (Å²) < 4.78 is 0. The second-order valence-electron chi connectivity index (χ2n) is 5.33. The first-order valence-electron chi connectivity index (χ1n) is 7.29. The first-order chi connectivity index (χ1) is 10.6. The zero-order valence-electron chi connectivity index (χ0n) is 13.0. The Labute approximate surface area is 139 Å². The van der Waals surface area contributed by atoms with E-state index in [0.717, 1.165) is 22.9 Å². The summed E-state index contributed by atoms with van der Waals surface area (Å²) in [5, 5.41) is 6.65. The van der Waals surface area contributed by atoms with Crippen LogP contribution in [0.15, 0.2) is 35.8 Å². The topological polar surface area (TPSA) is 37.8 Å². The van der Waals surface area contributed by atoms with E-state index in [9.17, 15) is 0 Å². The fourth-order valence-electron chi connectivity index (χ4n) is 2.44. The van der Waals surface area contributed by atoms with Crippen LogP contribution in [0.3, 0.4) is 0 Å². The van der Waals surface area contributed by atoms with Crippen molar-refractivity contribution in [3.05, 3.63) is 56.9 Å². The molecule has 3 aromatic rings. The van der Waals surface area contributed by atoms with Crippen molar-refractivity contribution in [2.45, 2.75) is 33.4 Å². The Balaban J connectivity index is 1.65. The largest absolute Gasteiger partial charge is 0.304 e. The second-order valence-corrected chi connectivity index (χ2v) is 7.65. The maximum atomic E-state index is 4.67. The lowest BCUT2D eigenvalue weighted by atomic mass is 10.1. The molecule has 0 spiro atoms. The molecule has 5 heteroatoms. The Morgan fingerprint density at radius 3 is 2.82 bits per heavy atom. The van der Waals surface area contributed by atoms with Gasteiger partial charge in [0.15, 0.2) is 0 Å². The Bertz CT molecular complexity index is 746. The molecule has 0 radical (unpaired) electrons. The lowest BCUT2D eigenvalue weighted by Crippen LogP contribution is -2.18. The number of pyridine rings is 1. The minimum Gasteiger partial charge on any atom is -0.304 e. The van der Waals surface area contributed by atoms with Gasteiger partial charge in [-0.3, -0.25) is 4.98 Å². The van der Waals surface area contributed by atoms with E-state index in [0.29, 0.717) is 6.04 Å². The van der Waals surface area contributed by atoms with Crippen LogP contribution in [0.5, 0.6) is 0 Å². The summed E-state index contributed by atoms with van der Waals surface area (Å²) in [4.78, 5) is 11.8. The molecule has 3 nitrogen and oxygen atoms in total. The van der Waals surface area contributed by atoms with Crippen LogP contribution >= 0.6 is 22.7 Å². The van der Waals surface area contributed by atoms with Gasteiger partial charge in [0.25, 0.3) is 0 Å². The molecular formula is C17H19N3S2. The van der Waals surface area contributed by atoms with E-state index in [2.05, 4.69) is 47.5 Å². The maximum Gasteiger partial charge on any atom is 0.142 e. The molecule has 0 aliphatic carbocycles. The molecule has 22 heavy (non-hydrogen) atoms. The lowest BCUT2D eigenvalue weighted by molar-refractivity contribution is 0.568. The van der Waals surface area contributed by atoms with Crippen LogP contribution in [0.1, 0.15) is 34.0 Å². The molecule has 0 aliphatic rings. The predicted octanol–water partition coefficient (Wildman–Crippen LogP) is 4.73. The van der Waals surface area contributed by atoms with Gasteiger partial charge in [-0.2, -0.15) is 0 Å². The molecule has 1 N–H and O–H groups in total. The average Bonchev–Trinajstić information content (AvgIpc) is 3.12. The second kappa shape index (κ2) is 6.69. The third kappa shape index (κ3) is 3.43. The summed E-state index contributed by atoms with van der Waals surface area (Å²) in [6.45, 7) is 7.33. The number of hydrogen-bond donors (Lipinski definition) is 1. The van der Waals surface area contributed by atoms with E-state index in [1.165, 1.54) is 15.3 Å². The van der Waals surface area contributed by atoms with Crippen molar-refractivity contribution >= 4 is 22.7 Å². The van der Waals surface area contributed by atoms with Gasteiger partial charge in [-0.1, -0.05) is 6.07 Å². The van der Waals surface area contributed by atoms with Gasteiger partial charge in [0.1, 0.15) is 5.01 Å². The summed E-state index contributed by atoms with van der Waals surface area (Å²) in [7, 11) is 0. The van der Waals surface area contributed by atoms with Crippen LogP contribution in [-0.2, 0) is 6.54 Å². The quantitative estimate of drug-likeness (QED) is 0.735. The number of aryl methyl sites for hydroxylation is 2. The number of rotatable bonds is 5. The van der Waals surface area contributed by atoms with Gasteiger partial charge in [-0.15, -0.1) is 22.7 Å². The Kier molecular flexibility index (Phi) is 4.66. The van der Waals surface area contributed by atoms with E-state index < -0.39 is 0 Å². The van der Waals surface area contributed by atoms with Gasteiger partial charge in [0.05, 0.1) is 11.4 Å². The highest BCUT2D eigenvalue weighted by Gasteiger charge is 2.12. The molecule has 3 aromatic heterocycles. The minimum atomic E-state index is 0.338. The van der Waals surface area contributed by atoms with Gasteiger partial charge in [-0.25, -0.2) is 4.98 Å². The third-order valence-corrected chi connectivity index (χ3v) is 5.47. The van der Waals surface area contributed by atoms with Gasteiger partial charge < -0.3 is 5.32 Å². The summed E-state index contributed by atoms with van der Waals surface area (Å²) >= 11 is 3.50. The van der Waals surface area contributed by atoms with Crippen molar-refractivity contribution in [2.24, 2.45) is 0 Å². The molecule has 114 valence electrons. The summed E-state index contributed by atoms with van der Waals surface area (Å²) in [5.41, 5.74) is 3.40. The van der Waals surface area contributed by atoms with Crippen LogP contribution in [0.25, 0.3) is 10.7 Å². The van der Waals surface area contributed by atoms with E-state index in [4.69, 9.17) is 0 Å². The fraction of sp³-hybridized carbons (Fsp3) is 0.294. The van der Waals surface area contributed by atoms with E-state index in [1.54, 1.807) is 17.5 Å². The molecule has 0 amide bonds. The van der Waals surface area contributed by atoms with Gasteiger partial charge in [0.2, 0.25) is 0 Å². The molecule has 0 bridgehead atoms. The van der Waals surface area contributed by atoms with Crippen molar-refractivity contribution < 1.29 is 0 Å².